The third-order valence-electron chi connectivity index (χ3n) is 1.64. The number of rotatable bonds is 3. The normalized spacial score (nSPS) is 10.8. The largest absolute Gasteiger partial charge is 0.445 e. The molecule has 18 heavy (non-hydrogen) atoms. The van der Waals surface area contributed by atoms with Crippen LogP contribution in [0, 0.1) is 0 Å². The molecule has 0 unspecified atom stereocenters. The van der Waals surface area contributed by atoms with E-state index in [0.717, 1.165) is 0 Å². The number of alkyl halides is 3. The fourth-order valence-corrected chi connectivity index (χ4v) is 1.16. The highest BCUT2D eigenvalue weighted by molar-refractivity contribution is 6.67. The van der Waals surface area contributed by atoms with Crippen molar-refractivity contribution >= 4 is 52.5 Å². The first-order valence-corrected chi connectivity index (χ1v) is 5.68. The number of ether oxygens (including phenoxy) is 1. The number of pyridine rings is 1. The van der Waals surface area contributed by atoms with E-state index >= 15 is 0 Å². The van der Waals surface area contributed by atoms with Crippen molar-refractivity contribution in [2.75, 3.05) is 11.9 Å². The highest BCUT2D eigenvalue weighted by Gasteiger charge is 2.22. The van der Waals surface area contributed by atoms with Crippen LogP contribution in [0.5, 0.6) is 0 Å². The second-order valence-corrected chi connectivity index (χ2v) is 5.60. The van der Waals surface area contributed by atoms with Crippen molar-refractivity contribution in [1.29, 1.82) is 0 Å². The monoisotopic (exact) mass is 311 g/mol. The summed E-state index contributed by atoms with van der Waals surface area (Å²) in [5.41, 5.74) is 5.09. The van der Waals surface area contributed by atoms with Gasteiger partial charge in [0.15, 0.2) is 5.69 Å². The molecule has 0 aliphatic heterocycles. The van der Waals surface area contributed by atoms with E-state index in [1.165, 1.54) is 18.3 Å². The standard InChI is InChI=1S/C9H8Cl3N3O3/c10-9(11,12)4-18-8(17)15-5-2-1-3-14-6(5)7(13)16/h1-3H,4H2,(H2,13,16)(H,15,17). The van der Waals surface area contributed by atoms with E-state index in [1.54, 1.807) is 0 Å². The molecule has 3 N–H and O–H groups in total. The molecular formula is C9H8Cl3N3O3. The number of nitrogens with one attached hydrogen (secondary N) is 1. The van der Waals surface area contributed by atoms with Gasteiger partial charge in [0.1, 0.15) is 6.61 Å². The summed E-state index contributed by atoms with van der Waals surface area (Å²) in [4.78, 5) is 26.1. The quantitative estimate of drug-likeness (QED) is 0.836. The molecular weight excluding hydrogens is 304 g/mol. The summed E-state index contributed by atoms with van der Waals surface area (Å²) in [5, 5.41) is 2.26. The highest BCUT2D eigenvalue weighted by atomic mass is 35.6. The molecule has 1 aromatic rings. The molecule has 0 saturated heterocycles. The van der Waals surface area contributed by atoms with Gasteiger partial charge in [0.05, 0.1) is 5.69 Å². The summed E-state index contributed by atoms with van der Waals surface area (Å²) in [6.07, 6.45) is 0.467. The molecule has 1 aromatic heterocycles. The number of carbonyl (C=O) groups is 2. The third kappa shape index (κ3) is 4.95. The lowest BCUT2D eigenvalue weighted by atomic mass is 10.3. The first kappa shape index (κ1) is 14.8. The zero-order valence-electron chi connectivity index (χ0n) is 8.82. The van der Waals surface area contributed by atoms with Crippen molar-refractivity contribution in [1.82, 2.24) is 4.98 Å². The molecule has 0 aromatic carbocycles. The van der Waals surface area contributed by atoms with E-state index in [-0.39, 0.29) is 11.4 Å². The third-order valence-corrected chi connectivity index (χ3v) is 1.97. The van der Waals surface area contributed by atoms with Gasteiger partial charge in [-0.05, 0) is 12.1 Å². The van der Waals surface area contributed by atoms with Gasteiger partial charge in [-0.15, -0.1) is 0 Å². The van der Waals surface area contributed by atoms with Crippen LogP contribution in [-0.4, -0.2) is 27.4 Å². The number of hydrogen-bond acceptors (Lipinski definition) is 4. The second-order valence-electron chi connectivity index (χ2n) is 3.08. The van der Waals surface area contributed by atoms with E-state index < -0.39 is 22.4 Å². The zero-order valence-corrected chi connectivity index (χ0v) is 11.1. The number of amides is 2. The van der Waals surface area contributed by atoms with Gasteiger partial charge in [-0.25, -0.2) is 9.78 Å². The molecule has 2 amide bonds. The van der Waals surface area contributed by atoms with Crippen LogP contribution in [0.4, 0.5) is 10.5 Å². The van der Waals surface area contributed by atoms with E-state index in [1.807, 2.05) is 0 Å². The van der Waals surface area contributed by atoms with Gasteiger partial charge in [0.2, 0.25) is 3.79 Å². The second kappa shape index (κ2) is 6.08. The number of primary amides is 1. The van der Waals surface area contributed by atoms with Gasteiger partial charge in [0, 0.05) is 6.20 Å². The lowest BCUT2D eigenvalue weighted by molar-refractivity contribution is 0.0996. The minimum atomic E-state index is -1.71. The summed E-state index contributed by atoms with van der Waals surface area (Å²) in [5.74, 6) is -0.785. The molecule has 1 rings (SSSR count). The molecule has 0 spiro atoms. The first-order valence-electron chi connectivity index (χ1n) is 4.55. The molecule has 0 bridgehead atoms. The lowest BCUT2D eigenvalue weighted by Crippen LogP contribution is -2.23. The Bertz CT molecular complexity index is 462. The van der Waals surface area contributed by atoms with E-state index in [0.29, 0.717) is 0 Å². The van der Waals surface area contributed by atoms with Crippen LogP contribution in [0.3, 0.4) is 0 Å². The maximum atomic E-state index is 11.3. The topological polar surface area (TPSA) is 94.3 Å². The van der Waals surface area contributed by atoms with Crippen molar-refractivity contribution in [3.63, 3.8) is 0 Å². The predicted molar refractivity (Wildman–Crippen MR) is 68.0 cm³/mol. The minimum Gasteiger partial charge on any atom is -0.445 e. The number of nitrogens with zero attached hydrogens (tertiary/aromatic N) is 1. The average Bonchev–Trinajstić information content (AvgIpc) is 2.26. The summed E-state index contributed by atoms with van der Waals surface area (Å²) >= 11 is 16.2. The zero-order chi connectivity index (χ0) is 13.8. The van der Waals surface area contributed by atoms with Crippen molar-refractivity contribution in [3.8, 4) is 0 Å². The Morgan fingerprint density at radius 1 is 1.44 bits per heavy atom. The van der Waals surface area contributed by atoms with Crippen LogP contribution < -0.4 is 11.1 Å². The smallest absolute Gasteiger partial charge is 0.411 e. The van der Waals surface area contributed by atoms with Crippen LogP contribution in [0.15, 0.2) is 18.3 Å². The van der Waals surface area contributed by atoms with Gasteiger partial charge in [-0.1, -0.05) is 34.8 Å². The number of aromatic nitrogens is 1. The molecule has 6 nitrogen and oxygen atoms in total. The average molecular weight is 313 g/mol. The molecule has 0 radical (unpaired) electrons. The number of carbonyl (C=O) groups excluding carboxylic acids is 2. The van der Waals surface area contributed by atoms with Crippen LogP contribution in [-0.2, 0) is 4.74 Å². The number of halogens is 3. The lowest BCUT2D eigenvalue weighted by Gasteiger charge is -2.12. The Morgan fingerprint density at radius 2 is 2.11 bits per heavy atom. The predicted octanol–water partition coefficient (Wildman–Crippen LogP) is 2.10. The van der Waals surface area contributed by atoms with Gasteiger partial charge in [-0.2, -0.15) is 0 Å². The Morgan fingerprint density at radius 3 is 2.67 bits per heavy atom. The maximum absolute atomic E-state index is 11.3. The molecule has 0 fully saturated rings. The molecule has 98 valence electrons. The van der Waals surface area contributed by atoms with Crippen LogP contribution in [0.1, 0.15) is 10.5 Å². The van der Waals surface area contributed by atoms with Crippen LogP contribution in [0.25, 0.3) is 0 Å². The number of hydrogen-bond donors (Lipinski definition) is 2. The molecule has 0 atom stereocenters. The van der Waals surface area contributed by atoms with Crippen LogP contribution in [0.2, 0.25) is 0 Å². The molecule has 9 heteroatoms. The highest BCUT2D eigenvalue weighted by Crippen LogP contribution is 2.26. The van der Waals surface area contributed by atoms with Crippen LogP contribution >= 0.6 is 34.8 Å². The SMILES string of the molecule is NC(=O)c1ncccc1NC(=O)OCC(Cl)(Cl)Cl. The fourth-order valence-electron chi connectivity index (χ4n) is 0.996. The summed E-state index contributed by atoms with van der Waals surface area (Å²) in [7, 11) is 0. The Balaban J connectivity index is 2.68. The van der Waals surface area contributed by atoms with Crippen molar-refractivity contribution in [3.05, 3.63) is 24.0 Å². The number of anilines is 1. The molecule has 1 heterocycles. The molecule has 0 aliphatic rings. The minimum absolute atomic E-state index is 0.0941. The maximum Gasteiger partial charge on any atom is 0.411 e. The van der Waals surface area contributed by atoms with Gasteiger partial charge in [-0.3, -0.25) is 10.1 Å². The summed E-state index contributed by atoms with van der Waals surface area (Å²) in [6.45, 7) is -0.435. The van der Waals surface area contributed by atoms with E-state index in [9.17, 15) is 9.59 Å². The molecule has 0 aliphatic carbocycles. The summed E-state index contributed by atoms with van der Waals surface area (Å²) in [6, 6.07) is 2.95. The van der Waals surface area contributed by atoms with Crippen molar-refractivity contribution in [2.45, 2.75) is 3.79 Å². The van der Waals surface area contributed by atoms with E-state index in [4.69, 9.17) is 40.5 Å². The number of nitrogens with two attached hydrogens (primary N) is 1. The van der Waals surface area contributed by atoms with Gasteiger partial charge in [0.25, 0.3) is 5.91 Å². The van der Waals surface area contributed by atoms with E-state index in [2.05, 4.69) is 15.0 Å². The Hall–Kier alpha value is -1.24. The van der Waals surface area contributed by atoms with Gasteiger partial charge < -0.3 is 10.5 Å². The first-order chi connectivity index (χ1) is 8.29. The van der Waals surface area contributed by atoms with Crippen molar-refractivity contribution in [2.24, 2.45) is 5.73 Å². The Labute approximate surface area is 117 Å². The van der Waals surface area contributed by atoms with Crippen molar-refractivity contribution < 1.29 is 14.3 Å². The fraction of sp³-hybridized carbons (Fsp3) is 0.222. The van der Waals surface area contributed by atoms with Gasteiger partial charge >= 0.3 is 6.09 Å². The Kier molecular flexibility index (Phi) is 5.01. The molecule has 0 saturated carbocycles. The summed E-state index contributed by atoms with van der Waals surface area (Å²) < 4.78 is 2.91.